The minimum atomic E-state index is -1.02. The van der Waals surface area contributed by atoms with Crippen molar-refractivity contribution in [3.05, 3.63) is 0 Å². The van der Waals surface area contributed by atoms with Gasteiger partial charge in [0.15, 0.2) is 6.29 Å². The van der Waals surface area contributed by atoms with Crippen molar-refractivity contribution in [2.45, 2.75) is 63.7 Å². The summed E-state index contributed by atoms with van der Waals surface area (Å²) in [7, 11) is 0. The van der Waals surface area contributed by atoms with Crippen molar-refractivity contribution in [3.63, 3.8) is 0 Å². The largest absolute Gasteiger partial charge is 0.480 e. The quantitative estimate of drug-likeness (QED) is 0.0497. The summed E-state index contributed by atoms with van der Waals surface area (Å²) < 4.78 is 0. The van der Waals surface area contributed by atoms with Gasteiger partial charge in [-0.05, 0) is 32.1 Å². The van der Waals surface area contributed by atoms with Gasteiger partial charge in [-0.3, -0.25) is 53.8 Å². The van der Waals surface area contributed by atoms with E-state index in [2.05, 4.69) is 16.0 Å². The summed E-state index contributed by atoms with van der Waals surface area (Å²) in [6, 6.07) is -0.610. The Morgan fingerprint density at radius 1 is 0.700 bits per heavy atom. The molecule has 8 N–H and O–H groups in total. The van der Waals surface area contributed by atoms with E-state index >= 15 is 0 Å². The zero-order chi connectivity index (χ0) is 36.9. The van der Waals surface area contributed by atoms with Crippen LogP contribution in [0.2, 0.25) is 0 Å². The zero-order valence-corrected chi connectivity index (χ0v) is 29.5. The molecule has 50 heavy (non-hydrogen) atoms. The second-order valence-corrected chi connectivity index (χ2v) is 13.1. The monoisotopic (exact) mass is 713 g/mol. The van der Waals surface area contributed by atoms with Crippen molar-refractivity contribution in [1.82, 2.24) is 40.4 Å². The van der Waals surface area contributed by atoms with Crippen molar-refractivity contribution in [2.75, 3.05) is 105 Å². The maximum absolute atomic E-state index is 12.5. The molecule has 0 aromatic rings. The Kier molecular flexibility index (Phi) is 20.6. The average Bonchev–Trinajstić information content (AvgIpc) is 3.05. The first-order valence-electron chi connectivity index (χ1n) is 17.7. The fourth-order valence-electron chi connectivity index (χ4n) is 6.07. The van der Waals surface area contributed by atoms with Gasteiger partial charge in [-0.15, -0.1) is 0 Å². The van der Waals surface area contributed by atoms with Crippen LogP contribution in [0.4, 0.5) is 0 Å². The number of carbonyl (C=O) groups is 6. The Morgan fingerprint density at radius 2 is 1.16 bits per heavy atom. The van der Waals surface area contributed by atoms with Crippen molar-refractivity contribution in [3.8, 4) is 0 Å². The molecule has 0 bridgehead atoms. The van der Waals surface area contributed by atoms with E-state index in [0.29, 0.717) is 104 Å². The van der Waals surface area contributed by atoms with Crippen LogP contribution in [0.3, 0.4) is 0 Å². The third kappa shape index (κ3) is 18.1. The van der Waals surface area contributed by atoms with E-state index in [1.807, 2.05) is 16.7 Å². The summed E-state index contributed by atoms with van der Waals surface area (Å²) in [5.74, 6) is -3.33. The van der Waals surface area contributed by atoms with Gasteiger partial charge in [-0.25, -0.2) is 0 Å². The first kappa shape index (κ1) is 42.9. The lowest BCUT2D eigenvalue weighted by atomic mass is 10.0. The van der Waals surface area contributed by atoms with Crippen molar-refractivity contribution >= 4 is 36.0 Å². The highest BCUT2D eigenvalue weighted by Crippen LogP contribution is 2.12. The molecule has 2 amide bonds. The number of nitrogens with one attached hydrogen (secondary N) is 3. The van der Waals surface area contributed by atoms with Crippen molar-refractivity contribution in [1.29, 1.82) is 0 Å². The Balaban J connectivity index is 1.90. The van der Waals surface area contributed by atoms with Crippen molar-refractivity contribution in [2.24, 2.45) is 5.73 Å². The molecule has 2 aliphatic rings. The lowest BCUT2D eigenvalue weighted by molar-refractivity contribution is -0.140. The number of aldehydes is 1. The molecule has 286 valence electrons. The normalized spacial score (nSPS) is 19.8. The molecule has 2 fully saturated rings. The number of unbranched alkanes of at least 4 members (excludes halogenated alkanes) is 1. The molecular formula is C32H59N9O9. The molecule has 2 rings (SSSR count). The van der Waals surface area contributed by atoms with Crippen LogP contribution >= 0.6 is 0 Å². The second kappa shape index (κ2) is 24.0. The van der Waals surface area contributed by atoms with Gasteiger partial charge in [0.05, 0.1) is 32.2 Å². The van der Waals surface area contributed by atoms with E-state index in [9.17, 15) is 44.1 Å². The summed E-state index contributed by atoms with van der Waals surface area (Å²) in [4.78, 5) is 80.6. The number of piperidine rings is 1. The van der Waals surface area contributed by atoms with E-state index in [0.717, 1.165) is 19.1 Å². The predicted molar refractivity (Wildman–Crippen MR) is 184 cm³/mol. The van der Waals surface area contributed by atoms with Crippen LogP contribution in [-0.2, 0) is 28.8 Å². The number of carbonyl (C=O) groups excluding carboxylic acids is 3. The fourth-order valence-corrected chi connectivity index (χ4v) is 6.07. The topological polar surface area (TPSA) is 241 Å². The highest BCUT2D eigenvalue weighted by molar-refractivity contribution is 5.81. The van der Waals surface area contributed by atoms with Crippen LogP contribution in [0.25, 0.3) is 0 Å². The number of rotatable bonds is 20. The molecule has 0 aliphatic carbocycles. The average molecular weight is 714 g/mol. The summed E-state index contributed by atoms with van der Waals surface area (Å²) >= 11 is 0. The maximum Gasteiger partial charge on any atom is 0.317 e. The number of amides is 2. The first-order chi connectivity index (χ1) is 23.9. The molecule has 18 nitrogen and oxygen atoms in total. The van der Waals surface area contributed by atoms with Crippen LogP contribution in [0.1, 0.15) is 45.4 Å². The highest BCUT2D eigenvalue weighted by atomic mass is 16.4. The van der Waals surface area contributed by atoms with Crippen LogP contribution in [0, 0.1) is 0 Å². The van der Waals surface area contributed by atoms with Gasteiger partial charge in [-0.1, -0.05) is 13.3 Å². The number of hydrogen-bond donors (Lipinski definition) is 7. The summed E-state index contributed by atoms with van der Waals surface area (Å²) in [6.45, 7) is 6.33. The molecule has 0 spiro atoms. The van der Waals surface area contributed by atoms with E-state index in [4.69, 9.17) is 5.73 Å². The summed E-state index contributed by atoms with van der Waals surface area (Å²) in [6.07, 6.45) is 4.47. The zero-order valence-electron chi connectivity index (χ0n) is 29.5. The van der Waals surface area contributed by atoms with Crippen LogP contribution < -0.4 is 21.7 Å². The van der Waals surface area contributed by atoms with Gasteiger partial charge in [0, 0.05) is 84.6 Å². The van der Waals surface area contributed by atoms with Crippen LogP contribution in [-0.4, -0.2) is 199 Å². The maximum atomic E-state index is 12.5. The number of aliphatic carboxylic acids is 3. The molecule has 2 aliphatic heterocycles. The SMILES string of the molecule is CCCCNC(=O)[C@H](N)CCCNC(=O)CN1CCC(NC(C=O)N2CCN(CC(=O)O)CCN(CC(=O)O)CCN(CC(=O)O)CC2)CC1. The second-order valence-electron chi connectivity index (χ2n) is 13.1. The Morgan fingerprint density at radius 3 is 1.62 bits per heavy atom. The van der Waals surface area contributed by atoms with Crippen molar-refractivity contribution < 1.29 is 44.1 Å². The van der Waals surface area contributed by atoms with E-state index < -0.39 is 30.1 Å². The smallest absolute Gasteiger partial charge is 0.317 e. The summed E-state index contributed by atoms with van der Waals surface area (Å²) in [5.41, 5.74) is 5.95. The molecule has 0 aromatic carbocycles. The first-order valence-corrected chi connectivity index (χ1v) is 17.7. The number of likely N-dealkylation sites (tertiary alicyclic amines) is 1. The van der Waals surface area contributed by atoms with E-state index in [1.165, 1.54) is 0 Å². The number of hydrogen-bond acceptors (Lipinski definition) is 13. The van der Waals surface area contributed by atoms with Gasteiger partial charge >= 0.3 is 17.9 Å². The van der Waals surface area contributed by atoms with Crippen LogP contribution in [0.15, 0.2) is 0 Å². The number of nitrogens with zero attached hydrogens (tertiary/aromatic N) is 5. The van der Waals surface area contributed by atoms with Gasteiger partial charge in [0.25, 0.3) is 0 Å². The van der Waals surface area contributed by atoms with Gasteiger partial charge in [0.2, 0.25) is 11.8 Å². The lowest BCUT2D eigenvalue weighted by Crippen LogP contribution is -2.57. The Hall–Kier alpha value is -3.26. The molecule has 1 unspecified atom stereocenters. The number of carboxylic acid groups (broad SMARTS) is 3. The molecule has 2 heterocycles. The Bertz CT molecular complexity index is 1050. The molecular weight excluding hydrogens is 654 g/mol. The number of nitrogens with two attached hydrogens (primary N) is 1. The van der Waals surface area contributed by atoms with Gasteiger partial charge < -0.3 is 36.5 Å². The molecule has 0 saturated carbocycles. The molecule has 18 heteroatoms. The third-order valence-corrected chi connectivity index (χ3v) is 9.01. The molecule has 0 aromatic heterocycles. The van der Waals surface area contributed by atoms with Gasteiger partial charge in [-0.2, -0.15) is 0 Å². The number of carboxylic acids is 3. The predicted octanol–water partition coefficient (Wildman–Crippen LogP) is -2.82. The lowest BCUT2D eigenvalue weighted by Gasteiger charge is -2.38. The molecule has 2 atom stereocenters. The third-order valence-electron chi connectivity index (χ3n) is 9.01. The molecule has 0 radical (unpaired) electrons. The minimum Gasteiger partial charge on any atom is -0.480 e. The highest BCUT2D eigenvalue weighted by Gasteiger charge is 2.28. The van der Waals surface area contributed by atoms with Crippen LogP contribution in [0.5, 0.6) is 0 Å². The van der Waals surface area contributed by atoms with Gasteiger partial charge in [0.1, 0.15) is 6.17 Å². The molecule has 2 saturated heterocycles. The van der Waals surface area contributed by atoms with E-state index in [1.54, 1.807) is 14.7 Å². The summed E-state index contributed by atoms with van der Waals surface area (Å²) in [5, 5.41) is 37.4. The standard InChI is InChI=1S/C32H59N9O9/c1-2-3-8-35-32(50)26(33)5-4-9-34-28(43)20-37-10-6-25(7-11-37)36-27(24-42)41-18-16-39(22-30(46)47)14-12-38(21-29(44)45)13-15-40(17-19-41)23-31(48)49/h24-27,36H,2-23,33H2,1H3,(H,34,43)(H,35,50)(H,44,45)(H,46,47)(H,48,49)/t26-,27?/m1/s1. The Labute approximate surface area is 294 Å². The van der Waals surface area contributed by atoms with E-state index in [-0.39, 0.29) is 44.0 Å². The minimum absolute atomic E-state index is 0.00863. The fraction of sp³-hybridized carbons (Fsp3) is 0.812.